The normalized spacial score (nSPS) is 10.9. The first-order valence-corrected chi connectivity index (χ1v) is 5.62. The average Bonchev–Trinajstić information content (AvgIpc) is 2.69. The van der Waals surface area contributed by atoms with Crippen LogP contribution in [0.3, 0.4) is 0 Å². The Hall–Kier alpha value is -2.22. The molecular weight excluding hydrogens is 210 g/mol. The van der Waals surface area contributed by atoms with E-state index in [2.05, 4.69) is 6.92 Å². The van der Waals surface area contributed by atoms with E-state index < -0.39 is 0 Å². The summed E-state index contributed by atoms with van der Waals surface area (Å²) in [6.45, 7) is 2.05. The number of aromatic hydroxyl groups is 1. The number of hydrogen-bond acceptors (Lipinski definition) is 1. The van der Waals surface area contributed by atoms with Crippen molar-refractivity contribution in [2.45, 2.75) is 6.92 Å². The topological polar surface area (TPSA) is 25.2 Å². The van der Waals surface area contributed by atoms with Gasteiger partial charge >= 0.3 is 0 Å². The van der Waals surface area contributed by atoms with E-state index in [0.717, 1.165) is 16.5 Å². The molecule has 1 aromatic heterocycles. The van der Waals surface area contributed by atoms with Gasteiger partial charge in [0.15, 0.2) is 0 Å². The molecule has 1 N–H and O–H groups in total. The van der Waals surface area contributed by atoms with Crippen LogP contribution in [0.25, 0.3) is 16.5 Å². The molecule has 0 atom stereocenters. The van der Waals surface area contributed by atoms with Crippen molar-refractivity contribution < 1.29 is 5.11 Å². The quantitative estimate of drug-likeness (QED) is 0.669. The van der Waals surface area contributed by atoms with Gasteiger partial charge in [-0.3, -0.25) is 4.57 Å². The zero-order valence-electron chi connectivity index (χ0n) is 9.59. The minimum atomic E-state index is 0.296. The van der Waals surface area contributed by atoms with Crippen molar-refractivity contribution in [1.29, 1.82) is 0 Å². The van der Waals surface area contributed by atoms with E-state index in [4.69, 9.17) is 0 Å². The summed E-state index contributed by atoms with van der Waals surface area (Å²) in [5, 5.41) is 12.1. The fraction of sp³-hybridized carbons (Fsp3) is 0.0667. The van der Waals surface area contributed by atoms with Crippen molar-refractivity contribution in [3.05, 3.63) is 60.3 Å². The van der Waals surface area contributed by atoms with Crippen molar-refractivity contribution in [2.75, 3.05) is 0 Å². The Balaban J connectivity index is 2.24. The Morgan fingerprint density at radius 3 is 2.35 bits per heavy atom. The molecule has 0 aliphatic heterocycles. The van der Waals surface area contributed by atoms with Gasteiger partial charge in [-0.25, -0.2) is 0 Å². The van der Waals surface area contributed by atoms with Gasteiger partial charge in [-0.2, -0.15) is 0 Å². The predicted molar refractivity (Wildman–Crippen MR) is 69.7 cm³/mol. The molecule has 0 saturated carbocycles. The summed E-state index contributed by atoms with van der Waals surface area (Å²) >= 11 is 0. The van der Waals surface area contributed by atoms with E-state index in [1.54, 1.807) is 0 Å². The molecule has 0 aliphatic carbocycles. The average molecular weight is 223 g/mol. The van der Waals surface area contributed by atoms with Gasteiger partial charge in [0.25, 0.3) is 0 Å². The molecular formula is C15H13NO. The summed E-state index contributed by atoms with van der Waals surface area (Å²) in [6, 6.07) is 15.9. The maximum absolute atomic E-state index is 10.2. The van der Waals surface area contributed by atoms with E-state index in [0.29, 0.717) is 5.88 Å². The van der Waals surface area contributed by atoms with E-state index >= 15 is 0 Å². The monoisotopic (exact) mass is 223 g/mol. The Kier molecular flexibility index (Phi) is 2.15. The van der Waals surface area contributed by atoms with Crippen LogP contribution in [0.5, 0.6) is 5.88 Å². The van der Waals surface area contributed by atoms with Gasteiger partial charge in [-0.15, -0.1) is 0 Å². The maximum Gasteiger partial charge on any atom is 0.203 e. The Labute approximate surface area is 99.7 Å². The van der Waals surface area contributed by atoms with Gasteiger partial charge in [0.1, 0.15) is 0 Å². The number of aryl methyl sites for hydroxylation is 1. The molecule has 2 nitrogen and oxygen atoms in total. The van der Waals surface area contributed by atoms with Gasteiger partial charge in [0.2, 0.25) is 5.88 Å². The van der Waals surface area contributed by atoms with Crippen LogP contribution in [0.4, 0.5) is 0 Å². The third-order valence-electron chi connectivity index (χ3n) is 3.01. The van der Waals surface area contributed by atoms with Crippen molar-refractivity contribution in [1.82, 2.24) is 4.57 Å². The van der Waals surface area contributed by atoms with Gasteiger partial charge in [0.05, 0.1) is 0 Å². The molecule has 0 saturated heterocycles. The molecule has 0 spiro atoms. The summed E-state index contributed by atoms with van der Waals surface area (Å²) in [4.78, 5) is 0. The zero-order chi connectivity index (χ0) is 11.8. The van der Waals surface area contributed by atoms with Gasteiger partial charge in [-0.1, -0.05) is 35.9 Å². The Morgan fingerprint density at radius 1 is 0.941 bits per heavy atom. The number of benzene rings is 2. The van der Waals surface area contributed by atoms with Crippen molar-refractivity contribution in [3.63, 3.8) is 0 Å². The highest BCUT2D eigenvalue weighted by Crippen LogP contribution is 2.29. The molecule has 0 unspecified atom stereocenters. The lowest BCUT2D eigenvalue weighted by molar-refractivity contribution is 0.448. The second-order valence-corrected chi connectivity index (χ2v) is 4.25. The maximum atomic E-state index is 10.2. The van der Waals surface area contributed by atoms with Crippen LogP contribution >= 0.6 is 0 Å². The lowest BCUT2D eigenvalue weighted by atomic mass is 10.2. The summed E-state index contributed by atoms with van der Waals surface area (Å²) in [7, 11) is 0. The molecule has 2 aromatic carbocycles. The van der Waals surface area contributed by atoms with Crippen molar-refractivity contribution in [3.8, 4) is 11.6 Å². The van der Waals surface area contributed by atoms with Crippen LogP contribution in [-0.2, 0) is 0 Å². The third-order valence-corrected chi connectivity index (χ3v) is 3.01. The molecule has 84 valence electrons. The first-order valence-electron chi connectivity index (χ1n) is 5.62. The lowest BCUT2D eigenvalue weighted by Gasteiger charge is -2.04. The molecule has 2 heteroatoms. The summed E-state index contributed by atoms with van der Waals surface area (Å²) in [5.74, 6) is 0.296. The minimum absolute atomic E-state index is 0.296. The van der Waals surface area contributed by atoms with Crippen LogP contribution in [0.2, 0.25) is 0 Å². The van der Waals surface area contributed by atoms with Gasteiger partial charge in [0, 0.05) is 22.7 Å². The number of rotatable bonds is 1. The molecule has 0 fully saturated rings. The van der Waals surface area contributed by atoms with Crippen molar-refractivity contribution in [2.24, 2.45) is 0 Å². The number of hydrogen-bond donors (Lipinski definition) is 1. The third kappa shape index (κ3) is 1.58. The van der Waals surface area contributed by atoms with Crippen LogP contribution < -0.4 is 0 Å². The summed E-state index contributed by atoms with van der Waals surface area (Å²) in [6.07, 6.45) is 1.95. The predicted octanol–water partition coefficient (Wildman–Crippen LogP) is 3.64. The second kappa shape index (κ2) is 3.67. The van der Waals surface area contributed by atoms with Crippen molar-refractivity contribution >= 4 is 10.8 Å². The molecule has 0 aliphatic rings. The molecule has 3 aromatic rings. The number of nitrogens with zero attached hydrogens (tertiary/aromatic N) is 1. The SMILES string of the molecule is Cc1ccc(-n2cc3ccccc3c2O)cc1. The fourth-order valence-electron chi connectivity index (χ4n) is 2.05. The van der Waals surface area contributed by atoms with Crippen LogP contribution in [0, 0.1) is 6.92 Å². The molecule has 0 amide bonds. The van der Waals surface area contributed by atoms with Crippen LogP contribution in [0.15, 0.2) is 54.7 Å². The van der Waals surface area contributed by atoms with E-state index in [9.17, 15) is 5.11 Å². The fourth-order valence-corrected chi connectivity index (χ4v) is 2.05. The summed E-state index contributed by atoms with van der Waals surface area (Å²) < 4.78 is 1.81. The first kappa shape index (κ1) is 9.97. The van der Waals surface area contributed by atoms with E-state index in [1.165, 1.54) is 5.56 Å². The highest BCUT2D eigenvalue weighted by Gasteiger charge is 2.08. The first-order chi connectivity index (χ1) is 8.25. The van der Waals surface area contributed by atoms with E-state index in [1.807, 2.05) is 59.3 Å². The highest BCUT2D eigenvalue weighted by atomic mass is 16.3. The Morgan fingerprint density at radius 2 is 1.65 bits per heavy atom. The molecule has 1 heterocycles. The molecule has 17 heavy (non-hydrogen) atoms. The van der Waals surface area contributed by atoms with E-state index in [-0.39, 0.29) is 0 Å². The van der Waals surface area contributed by atoms with Crippen LogP contribution in [-0.4, -0.2) is 9.67 Å². The largest absolute Gasteiger partial charge is 0.494 e. The van der Waals surface area contributed by atoms with Crippen LogP contribution in [0.1, 0.15) is 5.56 Å². The minimum Gasteiger partial charge on any atom is -0.494 e. The summed E-state index contributed by atoms with van der Waals surface area (Å²) in [5.41, 5.74) is 2.19. The highest BCUT2D eigenvalue weighted by molar-refractivity contribution is 5.88. The standard InChI is InChI=1S/C15H13NO/c1-11-6-8-13(9-7-11)16-10-12-4-2-3-5-14(12)15(16)17/h2-10,17H,1H3. The second-order valence-electron chi connectivity index (χ2n) is 4.25. The smallest absolute Gasteiger partial charge is 0.203 e. The molecule has 0 bridgehead atoms. The lowest BCUT2D eigenvalue weighted by Crippen LogP contribution is -1.90. The Bertz CT molecular complexity index is 665. The number of aromatic nitrogens is 1. The number of fused-ring (bicyclic) bond motifs is 1. The van der Waals surface area contributed by atoms with Gasteiger partial charge in [-0.05, 0) is 25.1 Å². The zero-order valence-corrected chi connectivity index (χ0v) is 9.59. The molecule has 0 radical (unpaired) electrons. The molecule has 3 rings (SSSR count). The van der Waals surface area contributed by atoms with Gasteiger partial charge < -0.3 is 5.11 Å².